The van der Waals surface area contributed by atoms with Crippen molar-refractivity contribution in [3.05, 3.63) is 0 Å². The van der Waals surface area contributed by atoms with Crippen molar-refractivity contribution in [3.8, 4) is 6.07 Å². The predicted molar refractivity (Wildman–Crippen MR) is 85.3 cm³/mol. The molecule has 0 bridgehead atoms. The van der Waals surface area contributed by atoms with E-state index in [2.05, 4.69) is 19.9 Å². The smallest absolute Gasteiger partial charge is 0.0689 e. The lowest BCUT2D eigenvalue weighted by Crippen LogP contribution is -2.36. The Morgan fingerprint density at radius 1 is 1.05 bits per heavy atom. The molecule has 0 spiro atoms. The lowest BCUT2D eigenvalue weighted by atomic mass is 9.58. The summed E-state index contributed by atoms with van der Waals surface area (Å²) in [5.41, 5.74) is 0.0490. The molecule has 0 aromatic heterocycles. The van der Waals surface area contributed by atoms with Crippen molar-refractivity contribution in [2.75, 3.05) is 0 Å². The Labute approximate surface area is 126 Å². The Hall–Kier alpha value is -0.510. The number of nitriles is 1. The summed E-state index contributed by atoms with van der Waals surface area (Å²) in [4.78, 5) is 0. The van der Waals surface area contributed by atoms with Crippen LogP contribution in [-0.4, -0.2) is 0 Å². The van der Waals surface area contributed by atoms with E-state index in [1.165, 1.54) is 70.6 Å². The quantitative estimate of drug-likeness (QED) is 0.575. The van der Waals surface area contributed by atoms with E-state index in [0.29, 0.717) is 0 Å². The van der Waals surface area contributed by atoms with Crippen molar-refractivity contribution < 1.29 is 0 Å². The van der Waals surface area contributed by atoms with Crippen LogP contribution in [0.15, 0.2) is 0 Å². The van der Waals surface area contributed by atoms with Crippen molar-refractivity contribution in [1.82, 2.24) is 0 Å². The molecule has 0 aromatic carbocycles. The van der Waals surface area contributed by atoms with Crippen LogP contribution in [0, 0.1) is 34.5 Å². The maximum atomic E-state index is 9.68. The number of hydrogen-bond donors (Lipinski definition) is 0. The van der Waals surface area contributed by atoms with Gasteiger partial charge in [-0.2, -0.15) is 5.26 Å². The molecule has 0 N–H and O–H groups in total. The summed E-state index contributed by atoms with van der Waals surface area (Å²) in [5, 5.41) is 9.68. The van der Waals surface area contributed by atoms with E-state index in [1.54, 1.807) is 0 Å². The van der Waals surface area contributed by atoms with Gasteiger partial charge < -0.3 is 0 Å². The monoisotopic (exact) mass is 275 g/mol. The fourth-order valence-electron chi connectivity index (χ4n) is 4.77. The van der Waals surface area contributed by atoms with Crippen molar-refractivity contribution in [1.29, 1.82) is 5.26 Å². The minimum Gasteiger partial charge on any atom is -0.198 e. The molecule has 2 aliphatic rings. The van der Waals surface area contributed by atoms with Crippen LogP contribution < -0.4 is 0 Å². The number of unbranched alkanes of at least 4 members (excludes halogenated alkanes) is 2. The Morgan fingerprint density at radius 2 is 1.85 bits per heavy atom. The second-order valence-electron chi connectivity index (χ2n) is 7.58. The number of hydrogen-bond acceptors (Lipinski definition) is 1. The average molecular weight is 275 g/mol. The van der Waals surface area contributed by atoms with Crippen molar-refractivity contribution >= 4 is 0 Å². The summed E-state index contributed by atoms with van der Waals surface area (Å²) in [5.74, 6) is 2.83. The van der Waals surface area contributed by atoms with Crippen molar-refractivity contribution in [2.24, 2.45) is 23.2 Å². The first-order chi connectivity index (χ1) is 9.73. The van der Waals surface area contributed by atoms with Crippen LogP contribution >= 0.6 is 0 Å². The third-order valence-corrected chi connectivity index (χ3v) is 6.11. The van der Waals surface area contributed by atoms with Crippen molar-refractivity contribution in [2.45, 2.75) is 90.9 Å². The van der Waals surface area contributed by atoms with Gasteiger partial charge in [0.15, 0.2) is 0 Å². The van der Waals surface area contributed by atoms with Crippen LogP contribution in [0.1, 0.15) is 90.9 Å². The van der Waals surface area contributed by atoms with E-state index in [4.69, 9.17) is 0 Å². The van der Waals surface area contributed by atoms with Gasteiger partial charge in [0.1, 0.15) is 0 Å². The standard InChI is InChI=1S/C19H33N/c1-3-5-7-16-8-9-18-14-19(15-20,11-6-4-2)12-10-17(18)13-16/h16-18H,3-14H2,1-2H3. The molecular weight excluding hydrogens is 242 g/mol. The zero-order valence-corrected chi connectivity index (χ0v) is 13.7. The molecule has 0 radical (unpaired) electrons. The number of rotatable bonds is 6. The summed E-state index contributed by atoms with van der Waals surface area (Å²) in [7, 11) is 0. The molecule has 2 aliphatic carbocycles. The first-order valence-corrected chi connectivity index (χ1v) is 9.14. The number of fused-ring (bicyclic) bond motifs is 1. The molecule has 0 aliphatic heterocycles. The van der Waals surface area contributed by atoms with Crippen LogP contribution in [0.4, 0.5) is 0 Å². The highest BCUT2D eigenvalue weighted by Gasteiger charge is 2.42. The van der Waals surface area contributed by atoms with Gasteiger partial charge in [-0.15, -0.1) is 0 Å². The third kappa shape index (κ3) is 3.78. The molecule has 2 fully saturated rings. The minimum atomic E-state index is 0.0490. The van der Waals surface area contributed by atoms with Crippen LogP contribution in [-0.2, 0) is 0 Å². The predicted octanol–water partition coefficient (Wildman–Crippen LogP) is 6.09. The van der Waals surface area contributed by atoms with Gasteiger partial charge in [-0.25, -0.2) is 0 Å². The van der Waals surface area contributed by atoms with Gasteiger partial charge in [0.25, 0.3) is 0 Å². The highest BCUT2D eigenvalue weighted by molar-refractivity contribution is 5.04. The number of nitrogens with zero attached hydrogens (tertiary/aromatic N) is 1. The summed E-state index contributed by atoms with van der Waals surface area (Å²) in [6.07, 6.45) is 15.9. The molecule has 4 atom stereocenters. The fourth-order valence-corrected chi connectivity index (χ4v) is 4.77. The first-order valence-electron chi connectivity index (χ1n) is 9.14. The molecule has 20 heavy (non-hydrogen) atoms. The topological polar surface area (TPSA) is 23.8 Å². The fraction of sp³-hybridized carbons (Fsp3) is 0.947. The SMILES string of the molecule is CCCCC1CCC2CC(C#N)(CCCC)CCC2C1. The second-order valence-corrected chi connectivity index (χ2v) is 7.58. The molecule has 2 saturated carbocycles. The van der Waals surface area contributed by atoms with E-state index >= 15 is 0 Å². The van der Waals surface area contributed by atoms with E-state index in [1.807, 2.05) is 0 Å². The molecule has 4 unspecified atom stereocenters. The van der Waals surface area contributed by atoms with Crippen molar-refractivity contribution in [3.63, 3.8) is 0 Å². The second kappa shape index (κ2) is 7.48. The zero-order valence-electron chi connectivity index (χ0n) is 13.7. The lowest BCUT2D eigenvalue weighted by Gasteiger charge is -2.45. The molecule has 1 nitrogen and oxygen atoms in total. The van der Waals surface area contributed by atoms with Gasteiger partial charge in [-0.3, -0.25) is 0 Å². The minimum absolute atomic E-state index is 0.0490. The molecule has 2 rings (SSSR count). The normalized spacial score (nSPS) is 37.1. The van der Waals surface area contributed by atoms with E-state index in [9.17, 15) is 5.26 Å². The van der Waals surface area contributed by atoms with Gasteiger partial charge in [-0.05, 0) is 56.3 Å². The molecule has 0 aromatic rings. The molecular formula is C19H33N. The zero-order chi connectivity index (χ0) is 14.4. The summed E-state index contributed by atoms with van der Waals surface area (Å²) < 4.78 is 0. The Bertz CT molecular complexity index is 329. The largest absolute Gasteiger partial charge is 0.198 e. The third-order valence-electron chi connectivity index (χ3n) is 6.11. The summed E-state index contributed by atoms with van der Waals surface area (Å²) in [6, 6.07) is 2.73. The maximum Gasteiger partial charge on any atom is 0.0689 e. The molecule has 1 heteroatoms. The van der Waals surface area contributed by atoms with Gasteiger partial charge >= 0.3 is 0 Å². The highest BCUT2D eigenvalue weighted by Crippen LogP contribution is 2.51. The van der Waals surface area contributed by atoms with E-state index in [-0.39, 0.29) is 5.41 Å². The Balaban J connectivity index is 1.88. The van der Waals surface area contributed by atoms with Crippen LogP contribution in [0.3, 0.4) is 0 Å². The first kappa shape index (κ1) is 15.9. The van der Waals surface area contributed by atoms with Gasteiger partial charge in [0.2, 0.25) is 0 Å². The summed E-state index contributed by atoms with van der Waals surface area (Å²) >= 11 is 0. The molecule has 0 saturated heterocycles. The lowest BCUT2D eigenvalue weighted by molar-refractivity contribution is 0.0619. The van der Waals surface area contributed by atoms with Crippen LogP contribution in [0.25, 0.3) is 0 Å². The van der Waals surface area contributed by atoms with Crippen LogP contribution in [0.5, 0.6) is 0 Å². The van der Waals surface area contributed by atoms with Gasteiger partial charge in [0, 0.05) is 0 Å². The van der Waals surface area contributed by atoms with Gasteiger partial charge in [0.05, 0.1) is 11.5 Å². The van der Waals surface area contributed by atoms with Gasteiger partial charge in [-0.1, -0.05) is 52.4 Å². The Kier molecular flexibility index (Phi) is 5.94. The summed E-state index contributed by atoms with van der Waals surface area (Å²) in [6.45, 7) is 4.55. The molecule has 0 amide bonds. The average Bonchev–Trinajstić information content (AvgIpc) is 2.50. The molecule has 0 heterocycles. The maximum absolute atomic E-state index is 9.68. The van der Waals surface area contributed by atoms with E-state index < -0.39 is 0 Å². The molecule has 114 valence electrons. The Morgan fingerprint density at radius 3 is 2.55 bits per heavy atom. The van der Waals surface area contributed by atoms with Crippen LogP contribution in [0.2, 0.25) is 0 Å². The highest BCUT2D eigenvalue weighted by atomic mass is 14.5. The van der Waals surface area contributed by atoms with E-state index in [0.717, 1.165) is 24.2 Å².